The van der Waals surface area contributed by atoms with E-state index in [1.165, 1.54) is 4.90 Å². The number of rotatable bonds is 8. The number of nitrogens with zero attached hydrogens (tertiary/aromatic N) is 5. The molecular formula is C25H29F4N7. The molecule has 36 heavy (non-hydrogen) atoms. The van der Waals surface area contributed by atoms with Crippen LogP contribution in [0.25, 0.3) is 11.3 Å². The van der Waals surface area contributed by atoms with Crippen molar-refractivity contribution in [2.75, 3.05) is 38.2 Å². The van der Waals surface area contributed by atoms with Crippen LogP contribution in [-0.2, 0) is 6.42 Å². The zero-order valence-corrected chi connectivity index (χ0v) is 20.0. The van der Waals surface area contributed by atoms with Crippen molar-refractivity contribution in [1.82, 2.24) is 30.2 Å². The van der Waals surface area contributed by atoms with Gasteiger partial charge in [-0.2, -0.15) is 28.6 Å². The van der Waals surface area contributed by atoms with Gasteiger partial charge in [-0.25, -0.2) is 0 Å². The molecule has 0 radical (unpaired) electrons. The van der Waals surface area contributed by atoms with E-state index in [0.29, 0.717) is 24.2 Å². The summed E-state index contributed by atoms with van der Waals surface area (Å²) in [6.45, 7) is 2.92. The fourth-order valence-corrected chi connectivity index (χ4v) is 5.22. The number of nitrogens with one attached hydrogen (secondary N) is 2. The Kier molecular flexibility index (Phi) is 6.94. The van der Waals surface area contributed by atoms with Crippen LogP contribution in [0.5, 0.6) is 0 Å². The van der Waals surface area contributed by atoms with Crippen molar-refractivity contribution in [1.29, 1.82) is 0 Å². The lowest BCUT2D eigenvalue weighted by Crippen LogP contribution is -2.54. The third-order valence-electron chi connectivity index (χ3n) is 6.93. The average Bonchev–Trinajstić information content (AvgIpc) is 3.35. The first-order valence-electron chi connectivity index (χ1n) is 12.1. The molecule has 2 aliphatic rings. The number of hydrogen-bond donors (Lipinski definition) is 2. The smallest absolute Gasteiger partial charge is 0.378 e. The van der Waals surface area contributed by atoms with Crippen LogP contribution in [0, 0.1) is 0 Å². The molecular weight excluding hydrogens is 474 g/mol. The first-order valence-corrected chi connectivity index (χ1v) is 12.1. The largest absolute Gasteiger partial charge is 0.401 e. The first-order chi connectivity index (χ1) is 17.3. The zero-order valence-electron chi connectivity index (χ0n) is 20.0. The van der Waals surface area contributed by atoms with Gasteiger partial charge in [0.1, 0.15) is 5.69 Å². The van der Waals surface area contributed by atoms with Crippen LogP contribution >= 0.6 is 0 Å². The normalized spacial score (nSPS) is 21.2. The van der Waals surface area contributed by atoms with Crippen molar-refractivity contribution >= 4 is 5.69 Å². The minimum absolute atomic E-state index is 0.254. The van der Waals surface area contributed by atoms with Gasteiger partial charge in [0.15, 0.2) is 0 Å². The molecule has 1 saturated heterocycles. The summed E-state index contributed by atoms with van der Waals surface area (Å²) in [7, 11) is 0. The van der Waals surface area contributed by atoms with Crippen LogP contribution in [-0.4, -0.2) is 81.3 Å². The van der Waals surface area contributed by atoms with Crippen LogP contribution in [0.1, 0.15) is 36.2 Å². The van der Waals surface area contributed by atoms with Gasteiger partial charge in [0.2, 0.25) is 0 Å². The number of H-pyrrole nitrogens is 1. The van der Waals surface area contributed by atoms with E-state index in [-0.39, 0.29) is 18.8 Å². The van der Waals surface area contributed by atoms with Crippen LogP contribution in [0.4, 0.5) is 23.2 Å². The molecule has 0 spiro atoms. The minimum Gasteiger partial charge on any atom is -0.378 e. The van der Waals surface area contributed by atoms with E-state index in [0.717, 1.165) is 42.0 Å². The lowest BCUT2D eigenvalue weighted by Gasteiger charge is -2.42. The lowest BCUT2D eigenvalue weighted by atomic mass is 9.85. The highest BCUT2D eigenvalue weighted by atomic mass is 19.4. The summed E-state index contributed by atoms with van der Waals surface area (Å²) in [6.07, 6.45) is 0.0160. The predicted molar refractivity (Wildman–Crippen MR) is 128 cm³/mol. The van der Waals surface area contributed by atoms with Gasteiger partial charge in [0.25, 0.3) is 0 Å². The second-order valence-corrected chi connectivity index (χ2v) is 9.63. The Morgan fingerprint density at radius 1 is 1.14 bits per heavy atom. The van der Waals surface area contributed by atoms with Crippen molar-refractivity contribution in [2.24, 2.45) is 0 Å². The third kappa shape index (κ3) is 5.36. The molecule has 5 rings (SSSR count). The Balaban J connectivity index is 1.39. The number of pyridine rings is 1. The van der Waals surface area contributed by atoms with E-state index < -0.39 is 18.8 Å². The fraction of sp³-hybridized carbons (Fsp3) is 0.480. The molecule has 0 amide bonds. The van der Waals surface area contributed by atoms with Crippen molar-refractivity contribution in [3.63, 3.8) is 0 Å². The summed E-state index contributed by atoms with van der Waals surface area (Å²) < 4.78 is 53.1. The molecule has 2 N–H and O–H groups in total. The summed E-state index contributed by atoms with van der Waals surface area (Å²) >= 11 is 0. The molecule has 7 nitrogen and oxygen atoms in total. The number of aromatic amines is 1. The Hall–Kier alpha value is -3.05. The van der Waals surface area contributed by atoms with E-state index in [9.17, 15) is 17.6 Å². The number of hydrogen-bond acceptors (Lipinski definition) is 6. The minimum atomic E-state index is -4.33. The number of halogens is 4. The Morgan fingerprint density at radius 2 is 1.97 bits per heavy atom. The maximum absolute atomic E-state index is 13.6. The maximum atomic E-state index is 13.6. The number of fused-ring (bicyclic) bond motifs is 1. The highest BCUT2D eigenvalue weighted by Crippen LogP contribution is 2.40. The van der Waals surface area contributed by atoms with E-state index in [1.807, 2.05) is 37.3 Å². The number of anilines is 1. The summed E-state index contributed by atoms with van der Waals surface area (Å²) in [5.41, 5.74) is 4.75. The second kappa shape index (κ2) is 10.1. The molecule has 2 aliphatic heterocycles. The quantitative estimate of drug-likeness (QED) is 0.449. The summed E-state index contributed by atoms with van der Waals surface area (Å²) in [5.74, 6) is 0. The monoisotopic (exact) mass is 503 g/mol. The molecule has 0 aliphatic carbocycles. The second-order valence-electron chi connectivity index (χ2n) is 9.63. The Bertz CT molecular complexity index is 1140. The molecule has 11 heteroatoms. The Labute approximate surface area is 206 Å². The molecule has 2 atom stereocenters. The van der Waals surface area contributed by atoms with Gasteiger partial charge >= 0.3 is 6.18 Å². The zero-order chi connectivity index (χ0) is 25.3. The van der Waals surface area contributed by atoms with Gasteiger partial charge in [-0.05, 0) is 49.1 Å². The van der Waals surface area contributed by atoms with Crippen LogP contribution in [0.2, 0.25) is 0 Å². The molecule has 0 bridgehead atoms. The number of benzene rings is 1. The van der Waals surface area contributed by atoms with Gasteiger partial charge in [-0.3, -0.25) is 19.2 Å². The van der Waals surface area contributed by atoms with Gasteiger partial charge in [-0.1, -0.05) is 12.1 Å². The Morgan fingerprint density at radius 3 is 2.64 bits per heavy atom. The summed E-state index contributed by atoms with van der Waals surface area (Å²) in [5, 5.41) is 14.0. The van der Waals surface area contributed by atoms with Gasteiger partial charge in [-0.15, -0.1) is 0 Å². The molecule has 1 fully saturated rings. The summed E-state index contributed by atoms with van der Waals surface area (Å²) in [4.78, 5) is 8.28. The molecule has 1 aromatic carbocycles. The first kappa shape index (κ1) is 24.6. The summed E-state index contributed by atoms with van der Waals surface area (Å²) in [6, 6.07) is 8.73. The maximum Gasteiger partial charge on any atom is 0.401 e. The van der Waals surface area contributed by atoms with Crippen LogP contribution < -0.4 is 5.32 Å². The fourth-order valence-electron chi connectivity index (χ4n) is 5.22. The molecule has 4 heterocycles. The van der Waals surface area contributed by atoms with Crippen molar-refractivity contribution in [3.8, 4) is 11.3 Å². The number of alkyl halides is 4. The van der Waals surface area contributed by atoms with Gasteiger partial charge in [0.05, 0.1) is 49.1 Å². The van der Waals surface area contributed by atoms with Crippen LogP contribution in [0.3, 0.4) is 0 Å². The van der Waals surface area contributed by atoms with E-state index in [1.54, 1.807) is 12.4 Å². The third-order valence-corrected chi connectivity index (χ3v) is 6.93. The lowest BCUT2D eigenvalue weighted by molar-refractivity contribution is -0.155. The number of likely N-dealkylation sites (tertiary alicyclic amines) is 1. The van der Waals surface area contributed by atoms with Crippen molar-refractivity contribution in [3.05, 3.63) is 59.5 Å². The highest BCUT2D eigenvalue weighted by Gasteiger charge is 2.41. The van der Waals surface area contributed by atoms with E-state index >= 15 is 0 Å². The molecule has 192 valence electrons. The molecule has 0 unspecified atom stereocenters. The SMILES string of the molecule is C[C@@H]1Cc2cc(-c3cn[nH]n3)ccc2[C@H](c2ccc(NC3CN(CCCF)C3)cn2)N1CC(F)(F)F. The molecule has 3 aromatic rings. The van der Waals surface area contributed by atoms with Gasteiger partial charge < -0.3 is 5.32 Å². The van der Waals surface area contributed by atoms with Crippen molar-refractivity contribution < 1.29 is 17.6 Å². The molecule has 0 saturated carbocycles. The topological polar surface area (TPSA) is 73.0 Å². The van der Waals surface area contributed by atoms with E-state index in [4.69, 9.17) is 0 Å². The van der Waals surface area contributed by atoms with Gasteiger partial charge in [0, 0.05) is 31.2 Å². The predicted octanol–water partition coefficient (Wildman–Crippen LogP) is 4.22. The highest BCUT2D eigenvalue weighted by molar-refractivity contribution is 5.61. The van der Waals surface area contributed by atoms with E-state index in [2.05, 4.69) is 30.6 Å². The number of aromatic nitrogens is 4. The van der Waals surface area contributed by atoms with Crippen molar-refractivity contribution in [2.45, 2.75) is 44.1 Å². The molecule has 2 aromatic heterocycles. The van der Waals surface area contributed by atoms with Crippen LogP contribution in [0.15, 0.2) is 42.7 Å². The standard InChI is InChI=1S/C25H29F4N7/c1-16-9-18-10-17(23-12-31-34-33-23)3-5-21(18)24(36(16)15-25(27,28)29)22-6-4-19(11-30-22)32-20-13-35(14-20)8-2-7-26/h3-6,10-12,16,20,24,32H,2,7-9,13-15H2,1H3,(H,31,33,34)/t16-,24-/m1/s1. The average molecular weight is 504 g/mol.